The second-order valence-electron chi connectivity index (χ2n) is 8.34. The van der Waals surface area contributed by atoms with Crippen LogP contribution in [0.5, 0.6) is 0 Å². The van der Waals surface area contributed by atoms with Crippen molar-refractivity contribution in [1.29, 1.82) is 0 Å². The SMILES string of the molecule is [2H]c1cc2c(oc3c([2H])c([2H])c([2H])c([2H])c32)c([2H])c1-c1c([2H])c([2H])c(-c2c3c([2H])c([2H])c([2H])c([2H])c3c(-c3c([2H])c([2H])c([2H])c([2H])c3[2H])c3c([2H])c([2H])c([2H])c([2H])c23)c([2H])c1[2H]. The second-order valence-corrected chi connectivity index (χ2v) is 8.34. The summed E-state index contributed by atoms with van der Waals surface area (Å²) in [5.74, 6) is 0. The van der Waals surface area contributed by atoms with Gasteiger partial charge in [-0.25, -0.2) is 0 Å². The quantitative estimate of drug-likeness (QED) is 0.212. The highest BCUT2D eigenvalue weighted by molar-refractivity contribution is 6.21. The van der Waals surface area contributed by atoms with Crippen LogP contribution in [0.4, 0.5) is 0 Å². The summed E-state index contributed by atoms with van der Waals surface area (Å²) in [5.41, 5.74) is -4.59. The highest BCUT2D eigenvalue weighted by atomic mass is 16.3. The Balaban J connectivity index is 1.60. The second kappa shape index (κ2) is 8.72. The van der Waals surface area contributed by atoms with Crippen LogP contribution < -0.4 is 0 Å². The fraction of sp³-hybridized carbons (Fsp3) is 0. The number of benzene rings is 7. The van der Waals surface area contributed by atoms with Gasteiger partial charge in [-0.15, -0.1) is 0 Å². The lowest BCUT2D eigenvalue weighted by molar-refractivity contribution is 0.669. The van der Waals surface area contributed by atoms with Gasteiger partial charge in [0.2, 0.25) is 0 Å². The van der Waals surface area contributed by atoms with E-state index in [9.17, 15) is 5.48 Å². The highest BCUT2D eigenvalue weighted by Crippen LogP contribution is 2.43. The van der Waals surface area contributed by atoms with Crippen molar-refractivity contribution in [1.82, 2.24) is 0 Å². The molecule has 0 radical (unpaired) electrons. The molecule has 39 heavy (non-hydrogen) atoms. The lowest BCUT2D eigenvalue weighted by Crippen LogP contribution is -1.90. The van der Waals surface area contributed by atoms with Crippen molar-refractivity contribution in [3.63, 3.8) is 0 Å². The van der Waals surface area contributed by atoms with Crippen LogP contribution in [0.2, 0.25) is 0 Å². The molecule has 0 aliphatic heterocycles. The Labute approximate surface area is 258 Å². The number of fused-ring (bicyclic) bond motifs is 5. The van der Waals surface area contributed by atoms with Crippen molar-refractivity contribution >= 4 is 43.5 Å². The normalized spacial score (nSPS) is 19.8. The van der Waals surface area contributed by atoms with E-state index in [0.717, 1.165) is 6.07 Å². The summed E-state index contributed by atoms with van der Waals surface area (Å²) in [6.07, 6.45) is 0. The maximum atomic E-state index is 9.37. The molecule has 1 aromatic heterocycles. The van der Waals surface area contributed by atoms with Gasteiger partial charge < -0.3 is 4.42 Å². The van der Waals surface area contributed by atoms with Crippen molar-refractivity contribution in [2.45, 2.75) is 0 Å². The largest absolute Gasteiger partial charge is 0.456 e. The molecule has 0 N–H and O–H groups in total. The zero-order chi connectivity index (χ0) is 45.8. The minimum Gasteiger partial charge on any atom is -0.456 e. The number of hydrogen-bond acceptors (Lipinski definition) is 1. The molecule has 1 heterocycles. The summed E-state index contributed by atoms with van der Waals surface area (Å²) in [6, 6.07) is -18.0. The Kier molecular flexibility index (Phi) is 2.00. The summed E-state index contributed by atoms with van der Waals surface area (Å²) >= 11 is 0. The molecular weight excluding hydrogens is 472 g/mol. The van der Waals surface area contributed by atoms with Gasteiger partial charge in [0.15, 0.2) is 0 Å². The zero-order valence-corrected chi connectivity index (χ0v) is 19.5. The number of hydrogen-bond donors (Lipinski definition) is 0. The average molecular weight is 520 g/mol. The molecule has 0 saturated carbocycles. The zero-order valence-electron chi connectivity index (χ0n) is 42.5. The molecule has 0 amide bonds. The molecule has 0 atom stereocenters. The molecule has 8 aromatic rings. The third kappa shape index (κ3) is 3.48. The van der Waals surface area contributed by atoms with Gasteiger partial charge in [0.25, 0.3) is 0 Å². The number of furan rings is 1. The van der Waals surface area contributed by atoms with Crippen molar-refractivity contribution < 1.29 is 35.9 Å². The van der Waals surface area contributed by atoms with Gasteiger partial charge in [-0.05, 0) is 73.1 Å². The van der Waals surface area contributed by atoms with Crippen molar-refractivity contribution in [2.24, 2.45) is 0 Å². The molecule has 0 spiro atoms. The first-order valence-electron chi connectivity index (χ1n) is 23.0. The third-order valence-electron chi connectivity index (χ3n) is 6.22. The molecule has 182 valence electrons. The van der Waals surface area contributed by atoms with E-state index in [0.29, 0.717) is 0 Å². The minimum absolute atomic E-state index is 0.0713. The van der Waals surface area contributed by atoms with Crippen molar-refractivity contribution in [2.75, 3.05) is 0 Å². The Morgan fingerprint density at radius 1 is 0.359 bits per heavy atom. The predicted octanol–water partition coefficient (Wildman–Crippen LogP) is 10.9. The van der Waals surface area contributed by atoms with Crippen molar-refractivity contribution in [3.8, 4) is 33.4 Å². The minimum atomic E-state index is -0.970. The van der Waals surface area contributed by atoms with E-state index in [4.69, 9.17) is 30.5 Å². The van der Waals surface area contributed by atoms with E-state index < -0.39 is 194 Å². The molecule has 0 fully saturated rings. The van der Waals surface area contributed by atoms with Crippen LogP contribution >= 0.6 is 0 Å². The molecule has 0 unspecified atom stereocenters. The standard InChI is InChI=1S/C38H24O/c1-2-10-26(11-3-1)37-31-13-4-6-15-33(31)38(34-16-7-5-14-32(34)37)27-20-18-25(19-21-27)28-22-23-30-29-12-8-9-17-35(29)39-36(30)24-28/h1-24H/i1D,2D,3D,4D,5D,6D,7D,8D,9D,10D,11D,12D,13D,14D,15D,16D,17D,18D,19D,20D,21D,22D,24D. The summed E-state index contributed by atoms with van der Waals surface area (Å²) in [4.78, 5) is 0. The summed E-state index contributed by atoms with van der Waals surface area (Å²) < 4.78 is 207. The lowest BCUT2D eigenvalue weighted by atomic mass is 9.86. The van der Waals surface area contributed by atoms with Gasteiger partial charge >= 0.3 is 0 Å². The topological polar surface area (TPSA) is 13.1 Å². The summed E-state index contributed by atoms with van der Waals surface area (Å²) in [7, 11) is 0. The van der Waals surface area contributed by atoms with Gasteiger partial charge in [0.1, 0.15) is 11.2 Å². The molecular formula is C38H24O. The monoisotopic (exact) mass is 519 g/mol. The van der Waals surface area contributed by atoms with Gasteiger partial charge in [0.05, 0.1) is 31.5 Å². The first-order valence-corrected chi connectivity index (χ1v) is 11.5. The van der Waals surface area contributed by atoms with Gasteiger partial charge in [0, 0.05) is 10.8 Å². The lowest BCUT2D eigenvalue weighted by Gasteiger charge is -2.18. The Morgan fingerprint density at radius 3 is 1.46 bits per heavy atom. The first-order chi connectivity index (χ1) is 28.9. The fourth-order valence-corrected chi connectivity index (χ4v) is 4.56. The molecule has 1 nitrogen and oxygen atoms in total. The fourth-order valence-electron chi connectivity index (χ4n) is 4.56. The first kappa shape index (κ1) is 8.97. The third-order valence-corrected chi connectivity index (χ3v) is 6.22. The van der Waals surface area contributed by atoms with E-state index in [-0.39, 0.29) is 21.9 Å². The van der Waals surface area contributed by atoms with E-state index in [1.54, 1.807) is 0 Å². The molecule has 7 aromatic carbocycles. The molecule has 0 bridgehead atoms. The Morgan fingerprint density at radius 2 is 0.846 bits per heavy atom. The highest BCUT2D eigenvalue weighted by Gasteiger charge is 2.16. The molecule has 0 saturated heterocycles. The van der Waals surface area contributed by atoms with Crippen LogP contribution in [0.25, 0.3) is 76.9 Å². The van der Waals surface area contributed by atoms with E-state index in [1.807, 2.05) is 0 Å². The smallest absolute Gasteiger partial charge is 0.136 e. The Bertz CT molecular complexity index is 3300. The number of para-hydroxylation sites is 1. The molecule has 0 aliphatic rings. The van der Waals surface area contributed by atoms with Crippen LogP contribution in [0.3, 0.4) is 0 Å². The van der Waals surface area contributed by atoms with Crippen molar-refractivity contribution in [3.05, 3.63) is 145 Å². The van der Waals surface area contributed by atoms with Gasteiger partial charge in [-0.3, -0.25) is 0 Å². The van der Waals surface area contributed by atoms with E-state index in [1.165, 1.54) is 0 Å². The van der Waals surface area contributed by atoms with Gasteiger partial charge in [-0.1, -0.05) is 127 Å². The molecule has 1 heteroatoms. The van der Waals surface area contributed by atoms with Crippen LogP contribution in [0.15, 0.2) is 149 Å². The van der Waals surface area contributed by atoms with Crippen LogP contribution in [-0.2, 0) is 0 Å². The van der Waals surface area contributed by atoms with Crippen LogP contribution in [0.1, 0.15) is 31.5 Å². The maximum absolute atomic E-state index is 9.37. The van der Waals surface area contributed by atoms with Crippen LogP contribution in [-0.4, -0.2) is 0 Å². The summed E-state index contributed by atoms with van der Waals surface area (Å²) in [6.45, 7) is 0. The summed E-state index contributed by atoms with van der Waals surface area (Å²) in [5, 5.41) is -2.76. The average Bonchev–Trinajstić information content (AvgIpc) is 3.63. The number of rotatable bonds is 3. The maximum Gasteiger partial charge on any atom is 0.136 e. The molecule has 8 rings (SSSR count). The van der Waals surface area contributed by atoms with E-state index in [2.05, 4.69) is 0 Å². The van der Waals surface area contributed by atoms with Crippen LogP contribution in [0, 0.1) is 0 Å². The molecule has 0 aliphatic carbocycles. The Hall–Kier alpha value is -5.14. The van der Waals surface area contributed by atoms with Gasteiger partial charge in [-0.2, -0.15) is 0 Å². The predicted molar refractivity (Wildman–Crippen MR) is 165 cm³/mol. The van der Waals surface area contributed by atoms with E-state index >= 15 is 0 Å².